The van der Waals surface area contributed by atoms with Gasteiger partial charge in [-0.3, -0.25) is 4.79 Å². The van der Waals surface area contributed by atoms with Gasteiger partial charge in [-0.2, -0.15) is 0 Å². The van der Waals surface area contributed by atoms with Crippen LogP contribution in [0.1, 0.15) is 36.0 Å². The minimum Gasteiger partial charge on any atom is -0.337 e. The first-order chi connectivity index (χ1) is 16.0. The molecular formula is C24H26ClN7O. The number of rotatable bonds is 4. The monoisotopic (exact) mass is 463 g/mol. The summed E-state index contributed by atoms with van der Waals surface area (Å²) in [4.78, 5) is 29.0. The van der Waals surface area contributed by atoms with Gasteiger partial charge in [-0.15, -0.1) is 0 Å². The lowest BCUT2D eigenvalue weighted by Crippen LogP contribution is -2.45. The number of halogens is 1. The lowest BCUT2D eigenvalue weighted by Gasteiger charge is -2.30. The predicted molar refractivity (Wildman–Crippen MR) is 128 cm³/mol. The van der Waals surface area contributed by atoms with Crippen LogP contribution in [-0.4, -0.2) is 54.0 Å². The van der Waals surface area contributed by atoms with E-state index in [1.807, 2.05) is 28.6 Å². The van der Waals surface area contributed by atoms with Crippen LogP contribution in [0, 0.1) is 5.92 Å². The number of pyridine rings is 2. The highest BCUT2D eigenvalue weighted by Crippen LogP contribution is 2.37. The van der Waals surface area contributed by atoms with E-state index in [1.54, 1.807) is 12.4 Å². The number of fused-ring (bicyclic) bond motifs is 2. The summed E-state index contributed by atoms with van der Waals surface area (Å²) in [6, 6.07) is 5.76. The van der Waals surface area contributed by atoms with Crippen molar-refractivity contribution in [1.82, 2.24) is 29.0 Å². The maximum Gasteiger partial charge on any atom is 0.255 e. The van der Waals surface area contributed by atoms with E-state index in [0.29, 0.717) is 28.6 Å². The summed E-state index contributed by atoms with van der Waals surface area (Å²) >= 11 is 6.50. The lowest BCUT2D eigenvalue weighted by molar-refractivity contribution is 0.0708. The average Bonchev–Trinajstić information content (AvgIpc) is 3.48. The topological polar surface area (TPSA) is 94.9 Å². The van der Waals surface area contributed by atoms with Gasteiger partial charge in [0.1, 0.15) is 11.2 Å². The number of piperidine rings is 1. The minimum atomic E-state index is -0.0365. The van der Waals surface area contributed by atoms with Gasteiger partial charge in [-0.1, -0.05) is 11.6 Å². The molecule has 0 spiro atoms. The van der Waals surface area contributed by atoms with Crippen molar-refractivity contribution in [1.29, 1.82) is 0 Å². The van der Waals surface area contributed by atoms with Crippen molar-refractivity contribution >= 4 is 39.7 Å². The normalized spacial score (nSPS) is 19.0. The van der Waals surface area contributed by atoms with Crippen molar-refractivity contribution < 1.29 is 4.79 Å². The molecule has 4 aromatic rings. The number of hydrogen-bond acceptors (Lipinski definition) is 5. The van der Waals surface area contributed by atoms with Crippen molar-refractivity contribution in [2.45, 2.75) is 38.3 Å². The van der Waals surface area contributed by atoms with Crippen molar-refractivity contribution in [2.24, 2.45) is 18.7 Å². The lowest BCUT2D eigenvalue weighted by atomic mass is 10.1. The van der Waals surface area contributed by atoms with Crippen LogP contribution < -0.4 is 5.73 Å². The summed E-state index contributed by atoms with van der Waals surface area (Å²) in [5.74, 6) is 1.41. The zero-order valence-electron chi connectivity index (χ0n) is 18.5. The smallest absolute Gasteiger partial charge is 0.255 e. The molecule has 0 aromatic carbocycles. The Morgan fingerprint density at radius 3 is 2.85 bits per heavy atom. The SMILES string of the molecule is Cn1c(-c2cc3c(Cl)ccnc3n2CC2CC2)nc2cc(C(=O)N3CCC[C@@H](N)C3)cnc21. The number of aryl methyl sites for hydroxylation is 1. The summed E-state index contributed by atoms with van der Waals surface area (Å²) in [6.07, 6.45) is 7.74. The molecule has 1 saturated carbocycles. The second kappa shape index (κ2) is 7.81. The summed E-state index contributed by atoms with van der Waals surface area (Å²) in [7, 11) is 1.96. The Labute approximate surface area is 196 Å². The Balaban J connectivity index is 1.43. The Morgan fingerprint density at radius 2 is 2.06 bits per heavy atom. The average molecular weight is 464 g/mol. The van der Waals surface area contributed by atoms with E-state index < -0.39 is 0 Å². The van der Waals surface area contributed by atoms with Crippen LogP contribution in [-0.2, 0) is 13.6 Å². The number of aromatic nitrogens is 5. The van der Waals surface area contributed by atoms with E-state index in [-0.39, 0.29) is 11.9 Å². The molecule has 1 aliphatic heterocycles. The summed E-state index contributed by atoms with van der Waals surface area (Å²) in [5.41, 5.74) is 9.89. The minimum absolute atomic E-state index is 0.0365. The van der Waals surface area contributed by atoms with E-state index >= 15 is 0 Å². The van der Waals surface area contributed by atoms with E-state index in [2.05, 4.69) is 20.6 Å². The molecule has 1 amide bonds. The van der Waals surface area contributed by atoms with Crippen molar-refractivity contribution in [3.05, 3.63) is 41.2 Å². The molecule has 2 fully saturated rings. The predicted octanol–water partition coefficient (Wildman–Crippen LogP) is 3.61. The Morgan fingerprint density at radius 1 is 1.21 bits per heavy atom. The second-order valence-corrected chi connectivity index (χ2v) is 9.74. The van der Waals surface area contributed by atoms with Crippen LogP contribution in [0.3, 0.4) is 0 Å². The molecule has 2 aliphatic rings. The number of amides is 1. The fourth-order valence-electron chi connectivity index (χ4n) is 4.84. The molecule has 0 unspecified atom stereocenters. The van der Waals surface area contributed by atoms with Crippen LogP contribution in [0.4, 0.5) is 0 Å². The second-order valence-electron chi connectivity index (χ2n) is 9.33. The van der Waals surface area contributed by atoms with Crippen molar-refractivity contribution in [3.8, 4) is 11.5 Å². The third-order valence-corrected chi connectivity index (χ3v) is 7.14. The number of carbonyl (C=O) groups excluding carboxylic acids is 1. The van der Waals surface area contributed by atoms with Crippen molar-refractivity contribution in [2.75, 3.05) is 13.1 Å². The largest absolute Gasteiger partial charge is 0.337 e. The van der Waals surface area contributed by atoms with Gasteiger partial charge in [0, 0.05) is 50.5 Å². The van der Waals surface area contributed by atoms with Gasteiger partial charge in [0.2, 0.25) is 0 Å². The standard InChI is InChI=1S/C24H26ClN7O/c1-30-22-19(9-15(11-28-22)24(33)31-8-2-3-16(26)13-31)29-23(30)20-10-17-18(25)6-7-27-21(17)32(20)12-14-4-5-14/h6-7,9-11,14,16H,2-5,8,12-13,26H2,1H3/t16-/m1/s1. The first-order valence-corrected chi connectivity index (χ1v) is 11.9. The fourth-order valence-corrected chi connectivity index (χ4v) is 5.04. The maximum atomic E-state index is 13.1. The van der Waals surface area contributed by atoms with Crippen LogP contribution in [0.25, 0.3) is 33.7 Å². The van der Waals surface area contributed by atoms with Crippen LogP contribution in [0.15, 0.2) is 30.6 Å². The Kier molecular flexibility index (Phi) is 4.88. The number of nitrogens with two attached hydrogens (primary N) is 1. The molecule has 1 aliphatic carbocycles. The summed E-state index contributed by atoms with van der Waals surface area (Å²) in [6.45, 7) is 2.20. The van der Waals surface area contributed by atoms with Crippen LogP contribution in [0.2, 0.25) is 5.02 Å². The van der Waals surface area contributed by atoms with Crippen LogP contribution >= 0.6 is 11.6 Å². The summed E-state index contributed by atoms with van der Waals surface area (Å²) < 4.78 is 4.20. The van der Waals surface area contributed by atoms with Gasteiger partial charge >= 0.3 is 0 Å². The van der Waals surface area contributed by atoms with E-state index in [1.165, 1.54) is 12.8 Å². The number of likely N-dealkylation sites (tertiary alicyclic amines) is 1. The molecule has 5 heterocycles. The highest BCUT2D eigenvalue weighted by molar-refractivity contribution is 6.35. The third-order valence-electron chi connectivity index (χ3n) is 6.81. The van der Waals surface area contributed by atoms with Gasteiger partial charge in [-0.05, 0) is 49.8 Å². The van der Waals surface area contributed by atoms with E-state index in [4.69, 9.17) is 22.3 Å². The van der Waals surface area contributed by atoms with E-state index in [0.717, 1.165) is 54.1 Å². The molecule has 6 rings (SSSR count). The number of nitrogens with zero attached hydrogens (tertiary/aromatic N) is 6. The highest BCUT2D eigenvalue weighted by Gasteiger charge is 2.27. The van der Waals surface area contributed by atoms with Crippen LogP contribution in [0.5, 0.6) is 0 Å². The summed E-state index contributed by atoms with van der Waals surface area (Å²) in [5, 5.41) is 1.60. The highest BCUT2D eigenvalue weighted by atomic mass is 35.5. The molecule has 0 bridgehead atoms. The molecule has 170 valence electrons. The molecule has 1 atom stereocenters. The first-order valence-electron chi connectivity index (χ1n) is 11.5. The number of imidazole rings is 1. The van der Waals surface area contributed by atoms with Gasteiger partial charge in [-0.25, -0.2) is 15.0 Å². The Bertz CT molecular complexity index is 1390. The molecule has 4 aromatic heterocycles. The molecule has 9 heteroatoms. The molecule has 1 saturated heterocycles. The quantitative estimate of drug-likeness (QED) is 0.498. The number of carbonyl (C=O) groups is 1. The van der Waals surface area contributed by atoms with E-state index in [9.17, 15) is 4.79 Å². The molecular weight excluding hydrogens is 438 g/mol. The molecule has 8 nitrogen and oxygen atoms in total. The van der Waals surface area contributed by atoms with Gasteiger partial charge in [0.15, 0.2) is 11.5 Å². The van der Waals surface area contributed by atoms with Gasteiger partial charge in [0.25, 0.3) is 5.91 Å². The number of hydrogen-bond donors (Lipinski definition) is 1. The fraction of sp³-hybridized carbons (Fsp3) is 0.417. The molecule has 2 N–H and O–H groups in total. The van der Waals surface area contributed by atoms with Gasteiger partial charge < -0.3 is 19.8 Å². The maximum absolute atomic E-state index is 13.1. The molecule has 0 radical (unpaired) electrons. The zero-order valence-corrected chi connectivity index (χ0v) is 19.3. The first kappa shape index (κ1) is 20.6. The molecule has 33 heavy (non-hydrogen) atoms. The van der Waals surface area contributed by atoms with Gasteiger partial charge in [0.05, 0.1) is 16.3 Å². The van der Waals surface area contributed by atoms with Crippen molar-refractivity contribution in [3.63, 3.8) is 0 Å². The zero-order chi connectivity index (χ0) is 22.7. The Hall–Kier alpha value is -2.97. The third kappa shape index (κ3) is 3.57.